The van der Waals surface area contributed by atoms with Crippen molar-refractivity contribution in [1.82, 2.24) is 0 Å². The second kappa shape index (κ2) is 10.2. The fourth-order valence-electron chi connectivity index (χ4n) is 3.27. The van der Waals surface area contributed by atoms with Gasteiger partial charge in [-0.05, 0) is 47.1 Å². The van der Waals surface area contributed by atoms with Crippen molar-refractivity contribution in [2.45, 2.75) is 13.0 Å². The predicted molar refractivity (Wildman–Crippen MR) is 124 cm³/mol. The molecular weight excluding hydrogens is 442 g/mol. The molecule has 0 fully saturated rings. The van der Waals surface area contributed by atoms with Crippen molar-refractivity contribution in [3.8, 4) is 0 Å². The van der Waals surface area contributed by atoms with E-state index in [0.29, 0.717) is 5.69 Å². The van der Waals surface area contributed by atoms with Crippen LogP contribution in [0.25, 0.3) is 0 Å². The second-order valence-electron chi connectivity index (χ2n) is 7.25. The van der Waals surface area contributed by atoms with Gasteiger partial charge < -0.3 is 15.5 Å². The van der Waals surface area contributed by atoms with Crippen molar-refractivity contribution in [2.24, 2.45) is 0 Å². The molecule has 3 aromatic rings. The van der Waals surface area contributed by atoms with Crippen molar-refractivity contribution in [3.63, 3.8) is 0 Å². The van der Waals surface area contributed by atoms with Gasteiger partial charge in [0.15, 0.2) is 12.6 Å². The standard InChI is InChI=1S/C24H24BrN3O2/c1-17-12-14-19(15-13-17)26-24(30)23(18-8-4-3-5-9-18)28(2)16-22(29)27-21-11-7-6-10-20(21)25/h3-15,23H,16H2,1-2H3,(H,26,30)(H,27,29)/p+1/t23-/m1/s1. The molecule has 3 N–H and O–H groups in total. The maximum atomic E-state index is 13.2. The van der Waals surface area contributed by atoms with Gasteiger partial charge in [-0.1, -0.05) is 60.2 Å². The highest BCUT2D eigenvalue weighted by Gasteiger charge is 2.30. The third-order valence-corrected chi connectivity index (χ3v) is 5.49. The Balaban J connectivity index is 1.76. The first-order chi connectivity index (χ1) is 14.4. The second-order valence-corrected chi connectivity index (χ2v) is 8.10. The molecule has 0 aliphatic rings. The van der Waals surface area contributed by atoms with Crippen molar-refractivity contribution < 1.29 is 14.5 Å². The third kappa shape index (κ3) is 5.78. The van der Waals surface area contributed by atoms with E-state index in [-0.39, 0.29) is 18.4 Å². The minimum atomic E-state index is -0.530. The number of halogens is 1. The molecule has 0 saturated heterocycles. The fraction of sp³-hybridized carbons (Fsp3) is 0.167. The molecule has 2 amide bonds. The summed E-state index contributed by atoms with van der Waals surface area (Å²) in [4.78, 5) is 26.6. The largest absolute Gasteiger partial charge is 0.321 e. The van der Waals surface area contributed by atoms with E-state index in [1.54, 1.807) is 0 Å². The molecule has 0 radical (unpaired) electrons. The van der Waals surface area contributed by atoms with E-state index in [1.807, 2.05) is 92.8 Å². The van der Waals surface area contributed by atoms with Crippen LogP contribution in [0, 0.1) is 6.92 Å². The number of quaternary nitrogens is 1. The van der Waals surface area contributed by atoms with Crippen LogP contribution in [0.3, 0.4) is 0 Å². The summed E-state index contributed by atoms with van der Waals surface area (Å²) in [5.41, 5.74) is 3.42. The molecule has 0 saturated carbocycles. The number of hydrogen-bond acceptors (Lipinski definition) is 2. The first-order valence-electron chi connectivity index (χ1n) is 9.73. The number of hydrogen-bond donors (Lipinski definition) is 3. The maximum absolute atomic E-state index is 13.2. The normalized spacial score (nSPS) is 12.6. The number of aryl methyl sites for hydroxylation is 1. The Morgan fingerprint density at radius 2 is 1.53 bits per heavy atom. The number of carbonyl (C=O) groups excluding carboxylic acids is 2. The number of amides is 2. The Morgan fingerprint density at radius 3 is 2.20 bits per heavy atom. The predicted octanol–water partition coefficient (Wildman–Crippen LogP) is 3.59. The SMILES string of the molecule is Cc1ccc(NC(=O)[C@@H](c2ccccc2)[NH+](C)CC(=O)Nc2ccccc2Br)cc1. The molecule has 0 aliphatic heterocycles. The summed E-state index contributed by atoms with van der Waals surface area (Å²) < 4.78 is 0.813. The van der Waals surface area contributed by atoms with Crippen LogP contribution in [0.1, 0.15) is 17.2 Å². The zero-order valence-corrected chi connectivity index (χ0v) is 18.6. The lowest BCUT2D eigenvalue weighted by molar-refractivity contribution is -0.893. The molecule has 0 aliphatic carbocycles. The number of likely N-dealkylation sites (N-methyl/N-ethyl adjacent to an activating group) is 1. The van der Waals surface area contributed by atoms with Crippen LogP contribution in [0.4, 0.5) is 11.4 Å². The molecule has 6 heteroatoms. The number of rotatable bonds is 7. The number of benzene rings is 3. The quantitative estimate of drug-likeness (QED) is 0.498. The Labute approximate surface area is 185 Å². The van der Waals surface area contributed by atoms with Gasteiger partial charge in [0, 0.05) is 15.7 Å². The molecular formula is C24H25BrN3O2+. The minimum Gasteiger partial charge on any atom is -0.321 e. The summed E-state index contributed by atoms with van der Waals surface area (Å²) in [5.74, 6) is -0.320. The average Bonchev–Trinajstić information content (AvgIpc) is 2.72. The lowest BCUT2D eigenvalue weighted by Crippen LogP contribution is -3.11. The number of nitrogens with one attached hydrogen (secondary N) is 3. The van der Waals surface area contributed by atoms with E-state index in [0.717, 1.165) is 26.2 Å². The van der Waals surface area contributed by atoms with Crippen LogP contribution >= 0.6 is 15.9 Å². The van der Waals surface area contributed by atoms with E-state index in [4.69, 9.17) is 0 Å². The zero-order valence-electron chi connectivity index (χ0n) is 17.0. The van der Waals surface area contributed by atoms with Gasteiger partial charge in [-0.3, -0.25) is 9.59 Å². The first kappa shape index (κ1) is 21.7. The Bertz CT molecular complexity index is 1010. The van der Waals surface area contributed by atoms with E-state index in [2.05, 4.69) is 26.6 Å². The lowest BCUT2D eigenvalue weighted by atomic mass is 10.0. The van der Waals surface area contributed by atoms with Crippen molar-refractivity contribution in [3.05, 3.63) is 94.5 Å². The molecule has 5 nitrogen and oxygen atoms in total. The summed E-state index contributed by atoms with van der Waals surface area (Å²) in [7, 11) is 1.85. The topological polar surface area (TPSA) is 62.6 Å². The van der Waals surface area contributed by atoms with Gasteiger partial charge in [0.25, 0.3) is 11.8 Å². The van der Waals surface area contributed by atoms with Gasteiger partial charge in [0.05, 0.1) is 12.7 Å². The van der Waals surface area contributed by atoms with Crippen LogP contribution in [0.5, 0.6) is 0 Å². The van der Waals surface area contributed by atoms with E-state index in [1.165, 1.54) is 0 Å². The lowest BCUT2D eigenvalue weighted by Gasteiger charge is -2.24. The van der Waals surface area contributed by atoms with Crippen LogP contribution in [-0.4, -0.2) is 25.4 Å². The molecule has 0 heterocycles. The average molecular weight is 467 g/mol. The summed E-state index contributed by atoms with van der Waals surface area (Å²) in [5, 5.41) is 5.89. The van der Waals surface area contributed by atoms with Crippen LogP contribution in [-0.2, 0) is 9.59 Å². The smallest absolute Gasteiger partial charge is 0.287 e. The molecule has 3 aromatic carbocycles. The highest BCUT2D eigenvalue weighted by Crippen LogP contribution is 2.21. The van der Waals surface area contributed by atoms with Gasteiger partial charge in [0.1, 0.15) is 0 Å². The maximum Gasteiger partial charge on any atom is 0.287 e. The number of carbonyl (C=O) groups is 2. The molecule has 154 valence electrons. The highest BCUT2D eigenvalue weighted by atomic mass is 79.9. The van der Waals surface area contributed by atoms with Crippen molar-refractivity contribution in [1.29, 1.82) is 0 Å². The fourth-order valence-corrected chi connectivity index (χ4v) is 3.65. The van der Waals surface area contributed by atoms with Crippen LogP contribution in [0.2, 0.25) is 0 Å². The molecule has 0 bridgehead atoms. The van der Waals surface area contributed by atoms with Gasteiger partial charge >= 0.3 is 0 Å². The van der Waals surface area contributed by atoms with Gasteiger partial charge in [0.2, 0.25) is 0 Å². The molecule has 30 heavy (non-hydrogen) atoms. The zero-order chi connectivity index (χ0) is 21.5. The van der Waals surface area contributed by atoms with Crippen LogP contribution < -0.4 is 15.5 Å². The first-order valence-corrected chi connectivity index (χ1v) is 10.5. The van der Waals surface area contributed by atoms with Crippen LogP contribution in [0.15, 0.2) is 83.3 Å². The number of para-hydroxylation sites is 1. The van der Waals surface area contributed by atoms with Crippen molar-refractivity contribution in [2.75, 3.05) is 24.2 Å². The Morgan fingerprint density at radius 1 is 0.900 bits per heavy atom. The third-order valence-electron chi connectivity index (χ3n) is 4.79. The van der Waals surface area contributed by atoms with Crippen molar-refractivity contribution >= 4 is 39.1 Å². The van der Waals surface area contributed by atoms with E-state index in [9.17, 15) is 9.59 Å². The molecule has 0 spiro atoms. The van der Waals surface area contributed by atoms with E-state index < -0.39 is 6.04 Å². The summed E-state index contributed by atoms with van der Waals surface area (Å²) in [6.45, 7) is 2.14. The van der Waals surface area contributed by atoms with Gasteiger partial charge in [-0.25, -0.2) is 0 Å². The molecule has 3 rings (SSSR count). The summed E-state index contributed by atoms with van der Waals surface area (Å²) >= 11 is 3.44. The Hall–Kier alpha value is -2.96. The minimum absolute atomic E-state index is 0.141. The summed E-state index contributed by atoms with van der Waals surface area (Å²) in [6, 6.07) is 24.1. The van der Waals surface area contributed by atoms with E-state index >= 15 is 0 Å². The monoisotopic (exact) mass is 466 g/mol. The molecule has 1 unspecified atom stereocenters. The van der Waals surface area contributed by atoms with Gasteiger partial charge in [-0.15, -0.1) is 0 Å². The molecule has 2 atom stereocenters. The Kier molecular flexibility index (Phi) is 7.38. The van der Waals surface area contributed by atoms with Gasteiger partial charge in [-0.2, -0.15) is 0 Å². The molecule has 0 aromatic heterocycles. The summed E-state index contributed by atoms with van der Waals surface area (Å²) in [6.07, 6.45) is 0. The highest BCUT2D eigenvalue weighted by molar-refractivity contribution is 9.10. The number of anilines is 2.